The summed E-state index contributed by atoms with van der Waals surface area (Å²) < 4.78 is 0. The van der Waals surface area contributed by atoms with Gasteiger partial charge in [-0.05, 0) is 13.3 Å². The van der Waals surface area contributed by atoms with Crippen molar-refractivity contribution in [3.63, 3.8) is 0 Å². The number of hydrogen-bond donors (Lipinski definition) is 0. The van der Waals surface area contributed by atoms with Crippen molar-refractivity contribution in [1.82, 2.24) is 0 Å². The minimum atomic E-state index is 0.207. The Morgan fingerprint density at radius 3 is 2.80 bits per heavy atom. The van der Waals surface area contributed by atoms with Crippen LogP contribution in [-0.2, 0) is 0 Å². The molecule has 0 amide bonds. The fraction of sp³-hybridized carbons (Fsp3) is 0.400. The van der Waals surface area contributed by atoms with E-state index in [1.165, 1.54) is 5.57 Å². The molecule has 0 radical (unpaired) electrons. The highest BCUT2D eigenvalue weighted by atomic mass is 14.2. The van der Waals surface area contributed by atoms with Crippen LogP contribution >= 0.6 is 0 Å². The van der Waals surface area contributed by atoms with Gasteiger partial charge in [0.05, 0.1) is 0 Å². The van der Waals surface area contributed by atoms with Gasteiger partial charge in [-0.3, -0.25) is 0 Å². The Hall–Kier alpha value is -0.780. The molecule has 0 bridgehead atoms. The van der Waals surface area contributed by atoms with Crippen LogP contribution in [0.3, 0.4) is 0 Å². The van der Waals surface area contributed by atoms with Crippen molar-refractivity contribution < 1.29 is 0 Å². The van der Waals surface area contributed by atoms with Crippen LogP contribution < -0.4 is 0 Å². The first-order chi connectivity index (χ1) is 4.66. The van der Waals surface area contributed by atoms with E-state index in [4.69, 9.17) is 0 Å². The summed E-state index contributed by atoms with van der Waals surface area (Å²) in [5, 5.41) is 0. The van der Waals surface area contributed by atoms with Crippen LogP contribution in [0.2, 0.25) is 0 Å². The number of allylic oxidation sites excluding steroid dienone is 5. The molecule has 0 aromatic carbocycles. The summed E-state index contributed by atoms with van der Waals surface area (Å²) >= 11 is 0. The summed E-state index contributed by atoms with van der Waals surface area (Å²) in [6, 6.07) is 0. The molecule has 0 aromatic heterocycles. The quantitative estimate of drug-likeness (QED) is 0.483. The van der Waals surface area contributed by atoms with Crippen LogP contribution in [-0.4, -0.2) is 0 Å². The van der Waals surface area contributed by atoms with Gasteiger partial charge in [0.1, 0.15) is 0 Å². The third kappa shape index (κ3) is 1.38. The molecule has 0 spiro atoms. The second-order valence-corrected chi connectivity index (χ2v) is 3.26. The van der Waals surface area contributed by atoms with E-state index in [9.17, 15) is 0 Å². The summed E-state index contributed by atoms with van der Waals surface area (Å²) in [6.45, 7) is 8.17. The Morgan fingerprint density at radius 2 is 2.40 bits per heavy atom. The van der Waals surface area contributed by atoms with Crippen LogP contribution in [0, 0.1) is 5.41 Å². The minimum Gasteiger partial charge on any atom is -0.102 e. The molecular formula is C10H14. The summed E-state index contributed by atoms with van der Waals surface area (Å²) in [4.78, 5) is 0. The molecule has 1 rings (SSSR count). The molecular weight excluding hydrogens is 120 g/mol. The topological polar surface area (TPSA) is 0 Å². The predicted octanol–water partition coefficient (Wildman–Crippen LogP) is 3.08. The van der Waals surface area contributed by atoms with E-state index < -0.39 is 0 Å². The van der Waals surface area contributed by atoms with Crippen LogP contribution in [0.1, 0.15) is 20.3 Å². The van der Waals surface area contributed by atoms with Crippen molar-refractivity contribution >= 4 is 0 Å². The molecule has 0 aliphatic heterocycles. The molecule has 0 N–H and O–H groups in total. The SMILES string of the molecule is C=CC1(C)C=CC=C(C)C1. The lowest BCUT2D eigenvalue weighted by atomic mass is 9.81. The van der Waals surface area contributed by atoms with Gasteiger partial charge in [-0.15, -0.1) is 6.58 Å². The van der Waals surface area contributed by atoms with Crippen LogP contribution in [0.25, 0.3) is 0 Å². The van der Waals surface area contributed by atoms with Gasteiger partial charge in [-0.25, -0.2) is 0 Å². The number of hydrogen-bond acceptors (Lipinski definition) is 0. The summed E-state index contributed by atoms with van der Waals surface area (Å²) in [6.07, 6.45) is 9.60. The number of rotatable bonds is 1. The van der Waals surface area contributed by atoms with Gasteiger partial charge in [0.2, 0.25) is 0 Å². The maximum Gasteiger partial charge on any atom is 0.00702 e. The fourth-order valence-electron chi connectivity index (χ4n) is 1.29. The second kappa shape index (κ2) is 2.45. The molecule has 0 nitrogen and oxygen atoms in total. The molecule has 10 heavy (non-hydrogen) atoms. The van der Waals surface area contributed by atoms with Crippen molar-refractivity contribution in [2.24, 2.45) is 5.41 Å². The maximum absolute atomic E-state index is 3.81. The molecule has 0 saturated carbocycles. The minimum absolute atomic E-state index is 0.207. The molecule has 1 atom stereocenters. The Bertz CT molecular complexity index is 196. The van der Waals surface area contributed by atoms with Gasteiger partial charge < -0.3 is 0 Å². The third-order valence-electron chi connectivity index (χ3n) is 1.98. The second-order valence-electron chi connectivity index (χ2n) is 3.26. The van der Waals surface area contributed by atoms with Gasteiger partial charge >= 0.3 is 0 Å². The average Bonchev–Trinajstić information content (AvgIpc) is 1.88. The molecule has 0 heteroatoms. The van der Waals surface area contributed by atoms with Crippen molar-refractivity contribution in [2.75, 3.05) is 0 Å². The van der Waals surface area contributed by atoms with E-state index in [0.29, 0.717) is 0 Å². The van der Waals surface area contributed by atoms with E-state index in [1.807, 2.05) is 6.08 Å². The van der Waals surface area contributed by atoms with Crippen LogP contribution in [0.5, 0.6) is 0 Å². The summed E-state index contributed by atoms with van der Waals surface area (Å²) in [5.41, 5.74) is 1.64. The molecule has 0 aromatic rings. The highest BCUT2D eigenvalue weighted by Crippen LogP contribution is 2.31. The Balaban J connectivity index is 2.80. The smallest absolute Gasteiger partial charge is 0.00702 e. The Labute approximate surface area is 62.9 Å². The molecule has 0 saturated heterocycles. The first kappa shape index (κ1) is 7.33. The monoisotopic (exact) mass is 134 g/mol. The normalized spacial score (nSPS) is 31.6. The Morgan fingerprint density at radius 1 is 1.70 bits per heavy atom. The zero-order valence-electron chi connectivity index (χ0n) is 6.72. The zero-order chi connectivity index (χ0) is 7.61. The van der Waals surface area contributed by atoms with Crippen molar-refractivity contribution in [3.05, 3.63) is 36.5 Å². The molecule has 1 aliphatic carbocycles. The highest BCUT2D eigenvalue weighted by molar-refractivity contribution is 5.25. The molecule has 54 valence electrons. The van der Waals surface area contributed by atoms with Gasteiger partial charge in [0, 0.05) is 5.41 Å². The van der Waals surface area contributed by atoms with Crippen molar-refractivity contribution in [2.45, 2.75) is 20.3 Å². The molecule has 0 fully saturated rings. The molecule has 1 unspecified atom stereocenters. The van der Waals surface area contributed by atoms with E-state index in [0.717, 1.165) is 6.42 Å². The highest BCUT2D eigenvalue weighted by Gasteiger charge is 2.18. The van der Waals surface area contributed by atoms with Gasteiger partial charge in [-0.2, -0.15) is 0 Å². The summed E-state index contributed by atoms with van der Waals surface area (Å²) in [5.74, 6) is 0. The zero-order valence-corrected chi connectivity index (χ0v) is 6.72. The lowest BCUT2D eigenvalue weighted by Gasteiger charge is -2.24. The first-order valence-electron chi connectivity index (χ1n) is 3.65. The predicted molar refractivity (Wildman–Crippen MR) is 45.8 cm³/mol. The van der Waals surface area contributed by atoms with Crippen LogP contribution in [0.4, 0.5) is 0 Å². The fourth-order valence-corrected chi connectivity index (χ4v) is 1.29. The van der Waals surface area contributed by atoms with E-state index in [-0.39, 0.29) is 5.41 Å². The lowest BCUT2D eigenvalue weighted by Crippen LogP contribution is -2.11. The Kier molecular flexibility index (Phi) is 1.80. The van der Waals surface area contributed by atoms with E-state index in [1.54, 1.807) is 0 Å². The van der Waals surface area contributed by atoms with Gasteiger partial charge in [0.15, 0.2) is 0 Å². The largest absolute Gasteiger partial charge is 0.102 e. The molecule has 1 aliphatic rings. The van der Waals surface area contributed by atoms with Crippen LogP contribution in [0.15, 0.2) is 36.5 Å². The molecule has 0 heterocycles. The lowest BCUT2D eigenvalue weighted by molar-refractivity contribution is 0.540. The average molecular weight is 134 g/mol. The first-order valence-corrected chi connectivity index (χ1v) is 3.65. The van der Waals surface area contributed by atoms with Gasteiger partial charge in [0.25, 0.3) is 0 Å². The summed E-state index contributed by atoms with van der Waals surface area (Å²) in [7, 11) is 0. The van der Waals surface area contributed by atoms with Crippen molar-refractivity contribution in [3.8, 4) is 0 Å². The third-order valence-corrected chi connectivity index (χ3v) is 1.98. The van der Waals surface area contributed by atoms with Gasteiger partial charge in [-0.1, -0.05) is 36.8 Å². The van der Waals surface area contributed by atoms with Crippen molar-refractivity contribution in [1.29, 1.82) is 0 Å². The standard InChI is InChI=1S/C10H14/c1-4-10(3)7-5-6-9(2)8-10/h4-7H,1,8H2,2-3H3. The van der Waals surface area contributed by atoms with E-state index in [2.05, 4.69) is 38.7 Å². The van der Waals surface area contributed by atoms with E-state index >= 15 is 0 Å². The maximum atomic E-state index is 3.81.